The zero-order valence-corrected chi connectivity index (χ0v) is 16.8. The lowest BCUT2D eigenvalue weighted by molar-refractivity contribution is -0.139. The van der Waals surface area contributed by atoms with Crippen LogP contribution in [0.15, 0.2) is 54.1 Å². The number of rotatable bonds is 7. The van der Waals surface area contributed by atoms with E-state index in [1.54, 1.807) is 49.6 Å². The number of aliphatic hydroxyl groups excluding tert-OH is 1. The number of ketones is 1. The summed E-state index contributed by atoms with van der Waals surface area (Å²) in [5.41, 5.74) is 1.18. The first-order chi connectivity index (χ1) is 14.0. The molecule has 1 atom stereocenters. The number of carbonyl (C=O) groups excluding carboxylic acids is 2. The maximum absolute atomic E-state index is 12.9. The van der Waals surface area contributed by atoms with Gasteiger partial charge in [-0.05, 0) is 18.6 Å². The SMILES string of the molecule is CCCCN1C(=O)C(=O)C(=C(O)c2ccccc2)C1c1ccc(OC)cc1OC. The molecule has 0 saturated carbocycles. The van der Waals surface area contributed by atoms with E-state index in [-0.39, 0.29) is 11.3 Å². The standard InChI is InChI=1S/C23H25NO5/c1-4-5-13-24-20(17-12-11-16(28-2)14-18(17)29-3)19(22(26)23(24)27)21(25)15-9-7-6-8-10-15/h6-12,14,20,25H,4-5,13H2,1-3H3. The van der Waals surface area contributed by atoms with Crippen molar-refractivity contribution in [1.82, 2.24) is 4.90 Å². The average Bonchev–Trinajstić information content (AvgIpc) is 3.01. The van der Waals surface area contributed by atoms with Crippen LogP contribution in [-0.4, -0.2) is 42.5 Å². The van der Waals surface area contributed by atoms with Crippen LogP contribution in [0, 0.1) is 0 Å². The third-order valence-corrected chi connectivity index (χ3v) is 5.07. The fourth-order valence-electron chi connectivity index (χ4n) is 3.56. The Morgan fingerprint density at radius 1 is 1.07 bits per heavy atom. The highest BCUT2D eigenvalue weighted by Crippen LogP contribution is 2.43. The first-order valence-corrected chi connectivity index (χ1v) is 9.59. The Labute approximate surface area is 170 Å². The molecule has 1 unspecified atom stereocenters. The zero-order valence-electron chi connectivity index (χ0n) is 16.8. The molecule has 0 radical (unpaired) electrons. The number of amides is 1. The lowest BCUT2D eigenvalue weighted by atomic mass is 9.94. The number of hydrogen-bond donors (Lipinski definition) is 1. The first-order valence-electron chi connectivity index (χ1n) is 9.59. The van der Waals surface area contributed by atoms with Gasteiger partial charge in [0.05, 0.1) is 25.8 Å². The summed E-state index contributed by atoms with van der Waals surface area (Å²) < 4.78 is 10.8. The molecule has 152 valence electrons. The highest BCUT2D eigenvalue weighted by molar-refractivity contribution is 6.46. The van der Waals surface area contributed by atoms with Gasteiger partial charge in [-0.15, -0.1) is 0 Å². The molecular formula is C23H25NO5. The van der Waals surface area contributed by atoms with Crippen molar-refractivity contribution in [3.8, 4) is 11.5 Å². The quantitative estimate of drug-likeness (QED) is 0.437. The molecule has 29 heavy (non-hydrogen) atoms. The summed E-state index contributed by atoms with van der Waals surface area (Å²) in [6, 6.07) is 13.3. The maximum atomic E-state index is 12.9. The van der Waals surface area contributed by atoms with E-state index in [2.05, 4.69) is 0 Å². The highest BCUT2D eigenvalue weighted by atomic mass is 16.5. The molecule has 1 aliphatic heterocycles. The molecule has 1 saturated heterocycles. The minimum atomic E-state index is -0.734. The minimum absolute atomic E-state index is 0.0702. The van der Waals surface area contributed by atoms with Gasteiger partial charge >= 0.3 is 0 Å². The van der Waals surface area contributed by atoms with E-state index in [9.17, 15) is 14.7 Å². The van der Waals surface area contributed by atoms with Crippen molar-refractivity contribution in [2.75, 3.05) is 20.8 Å². The zero-order chi connectivity index (χ0) is 21.0. The Bertz CT molecular complexity index is 936. The number of aliphatic hydroxyl groups is 1. The van der Waals surface area contributed by atoms with Crippen molar-refractivity contribution < 1.29 is 24.2 Å². The van der Waals surface area contributed by atoms with Crippen LogP contribution in [0.5, 0.6) is 11.5 Å². The minimum Gasteiger partial charge on any atom is -0.507 e. The molecule has 0 aromatic heterocycles. The molecule has 1 heterocycles. The van der Waals surface area contributed by atoms with E-state index in [0.29, 0.717) is 29.2 Å². The van der Waals surface area contributed by atoms with Gasteiger partial charge in [0.25, 0.3) is 11.7 Å². The Hall–Kier alpha value is -3.28. The molecule has 1 aliphatic rings. The van der Waals surface area contributed by atoms with Crippen molar-refractivity contribution in [3.05, 3.63) is 65.2 Å². The number of nitrogens with zero attached hydrogens (tertiary/aromatic N) is 1. The van der Waals surface area contributed by atoms with Gasteiger partial charge in [-0.25, -0.2) is 0 Å². The van der Waals surface area contributed by atoms with Crippen molar-refractivity contribution in [3.63, 3.8) is 0 Å². The number of hydrogen-bond acceptors (Lipinski definition) is 5. The molecule has 3 rings (SSSR count). The number of carbonyl (C=O) groups is 2. The number of likely N-dealkylation sites (tertiary alicyclic amines) is 1. The fourth-order valence-corrected chi connectivity index (χ4v) is 3.56. The largest absolute Gasteiger partial charge is 0.507 e. The Morgan fingerprint density at radius 2 is 1.79 bits per heavy atom. The van der Waals surface area contributed by atoms with Crippen LogP contribution < -0.4 is 9.47 Å². The molecule has 0 aliphatic carbocycles. The fraction of sp³-hybridized carbons (Fsp3) is 0.304. The van der Waals surface area contributed by atoms with Gasteiger partial charge < -0.3 is 19.5 Å². The number of unbranched alkanes of at least 4 members (excludes halogenated alkanes) is 1. The topological polar surface area (TPSA) is 76.1 Å². The summed E-state index contributed by atoms with van der Waals surface area (Å²) in [4.78, 5) is 27.3. The predicted octanol–water partition coefficient (Wildman–Crippen LogP) is 3.93. The van der Waals surface area contributed by atoms with Gasteiger partial charge in [-0.3, -0.25) is 9.59 Å². The Morgan fingerprint density at radius 3 is 2.41 bits per heavy atom. The van der Waals surface area contributed by atoms with Crippen LogP contribution in [0.4, 0.5) is 0 Å². The van der Waals surface area contributed by atoms with Crippen molar-refractivity contribution in [2.45, 2.75) is 25.8 Å². The van der Waals surface area contributed by atoms with E-state index in [0.717, 1.165) is 12.8 Å². The summed E-state index contributed by atoms with van der Waals surface area (Å²) in [6.45, 7) is 2.43. The normalized spacial score (nSPS) is 18.2. The smallest absolute Gasteiger partial charge is 0.295 e. The van der Waals surface area contributed by atoms with Gasteiger partial charge in [0, 0.05) is 23.7 Å². The lowest BCUT2D eigenvalue weighted by Gasteiger charge is -2.26. The molecule has 1 N–H and O–H groups in total. The van der Waals surface area contributed by atoms with E-state index < -0.39 is 17.7 Å². The predicted molar refractivity (Wildman–Crippen MR) is 110 cm³/mol. The second-order valence-corrected chi connectivity index (χ2v) is 6.82. The van der Waals surface area contributed by atoms with Gasteiger partial charge in [0.2, 0.25) is 0 Å². The average molecular weight is 395 g/mol. The van der Waals surface area contributed by atoms with E-state index >= 15 is 0 Å². The second kappa shape index (κ2) is 8.82. The summed E-state index contributed by atoms with van der Waals surface area (Å²) in [6.07, 6.45) is 1.61. The van der Waals surface area contributed by atoms with E-state index in [4.69, 9.17) is 9.47 Å². The lowest BCUT2D eigenvalue weighted by Crippen LogP contribution is -2.30. The Balaban J connectivity index is 2.21. The number of methoxy groups -OCH3 is 2. The third-order valence-electron chi connectivity index (χ3n) is 5.07. The molecule has 0 spiro atoms. The van der Waals surface area contributed by atoms with Crippen molar-refractivity contribution in [1.29, 1.82) is 0 Å². The molecule has 0 bridgehead atoms. The van der Waals surface area contributed by atoms with E-state index in [1.807, 2.05) is 13.0 Å². The second-order valence-electron chi connectivity index (χ2n) is 6.82. The molecule has 6 heteroatoms. The van der Waals surface area contributed by atoms with Crippen LogP contribution >= 0.6 is 0 Å². The van der Waals surface area contributed by atoms with Crippen LogP contribution in [0.1, 0.15) is 36.9 Å². The number of Topliss-reactive ketones (excluding diaryl/α,β-unsaturated/α-hetero) is 1. The van der Waals surface area contributed by atoms with Crippen LogP contribution in [0.25, 0.3) is 5.76 Å². The number of benzene rings is 2. The third kappa shape index (κ3) is 3.83. The number of ether oxygens (including phenoxy) is 2. The van der Waals surface area contributed by atoms with E-state index in [1.165, 1.54) is 12.0 Å². The molecule has 1 fully saturated rings. The molecular weight excluding hydrogens is 370 g/mol. The highest BCUT2D eigenvalue weighted by Gasteiger charge is 2.46. The molecule has 6 nitrogen and oxygen atoms in total. The van der Waals surface area contributed by atoms with Crippen LogP contribution in [0.2, 0.25) is 0 Å². The summed E-state index contributed by atoms with van der Waals surface area (Å²) in [7, 11) is 3.07. The molecule has 2 aromatic carbocycles. The summed E-state index contributed by atoms with van der Waals surface area (Å²) >= 11 is 0. The monoisotopic (exact) mass is 395 g/mol. The Kier molecular flexibility index (Phi) is 6.22. The molecule has 2 aromatic rings. The maximum Gasteiger partial charge on any atom is 0.295 e. The van der Waals surface area contributed by atoms with Gasteiger partial charge in [-0.1, -0.05) is 43.7 Å². The van der Waals surface area contributed by atoms with Crippen molar-refractivity contribution >= 4 is 17.4 Å². The summed E-state index contributed by atoms with van der Waals surface area (Å²) in [5.74, 6) is -0.411. The van der Waals surface area contributed by atoms with Gasteiger partial charge in [-0.2, -0.15) is 0 Å². The molecule has 1 amide bonds. The van der Waals surface area contributed by atoms with Crippen LogP contribution in [-0.2, 0) is 9.59 Å². The van der Waals surface area contributed by atoms with Crippen LogP contribution in [0.3, 0.4) is 0 Å². The van der Waals surface area contributed by atoms with Crippen molar-refractivity contribution in [2.24, 2.45) is 0 Å². The summed E-state index contributed by atoms with van der Waals surface area (Å²) in [5, 5.41) is 11.0. The van der Waals surface area contributed by atoms with Gasteiger partial charge in [0.1, 0.15) is 17.3 Å². The van der Waals surface area contributed by atoms with Gasteiger partial charge in [0.15, 0.2) is 0 Å². The first kappa shape index (κ1) is 20.5.